The first kappa shape index (κ1) is 14.0. The van der Waals surface area contributed by atoms with Crippen LogP contribution in [0.1, 0.15) is 15.4 Å². The molecule has 0 radical (unpaired) electrons. The molecule has 106 valence electrons. The van der Waals surface area contributed by atoms with Crippen LogP contribution in [0.5, 0.6) is 0 Å². The molecule has 0 unspecified atom stereocenters. The Labute approximate surface area is 133 Å². The lowest BCUT2D eigenvalue weighted by Crippen LogP contribution is -2.05. The number of benzene rings is 1. The van der Waals surface area contributed by atoms with E-state index in [1.54, 1.807) is 16.0 Å². The highest BCUT2D eigenvalue weighted by molar-refractivity contribution is 9.11. The van der Waals surface area contributed by atoms with Crippen molar-refractivity contribution in [1.82, 2.24) is 15.0 Å². The maximum Gasteiger partial charge on any atom is 0.358 e. The van der Waals surface area contributed by atoms with Crippen molar-refractivity contribution in [2.45, 2.75) is 6.54 Å². The third-order valence-electron chi connectivity index (χ3n) is 2.92. The van der Waals surface area contributed by atoms with Gasteiger partial charge in [0, 0.05) is 10.4 Å². The van der Waals surface area contributed by atoms with Gasteiger partial charge < -0.3 is 5.11 Å². The molecule has 0 aliphatic heterocycles. The van der Waals surface area contributed by atoms with Crippen molar-refractivity contribution in [3.05, 3.63) is 56.8 Å². The molecule has 1 aromatic carbocycles. The fraction of sp³-hybridized carbons (Fsp3) is 0.0714. The van der Waals surface area contributed by atoms with Crippen LogP contribution in [0.15, 0.2) is 46.3 Å². The van der Waals surface area contributed by atoms with Crippen LogP contribution in [0.3, 0.4) is 0 Å². The van der Waals surface area contributed by atoms with Gasteiger partial charge in [-0.25, -0.2) is 9.48 Å². The van der Waals surface area contributed by atoms with Crippen LogP contribution in [-0.2, 0) is 6.54 Å². The van der Waals surface area contributed by atoms with E-state index >= 15 is 0 Å². The van der Waals surface area contributed by atoms with Gasteiger partial charge in [-0.1, -0.05) is 35.5 Å². The van der Waals surface area contributed by atoms with Crippen molar-refractivity contribution in [2.24, 2.45) is 0 Å². The maximum atomic E-state index is 11.3. The van der Waals surface area contributed by atoms with E-state index in [0.717, 1.165) is 14.2 Å². The molecule has 0 amide bonds. The SMILES string of the molecule is O=C(O)c1nnn(Cc2ccc(Br)s2)c1-c1ccccc1. The van der Waals surface area contributed by atoms with Crippen molar-refractivity contribution in [1.29, 1.82) is 0 Å². The second-order valence-corrected chi connectivity index (χ2v) is 6.87. The quantitative estimate of drug-likeness (QED) is 0.769. The average Bonchev–Trinajstić information content (AvgIpc) is 3.07. The Kier molecular flexibility index (Phi) is 3.85. The summed E-state index contributed by atoms with van der Waals surface area (Å²) in [4.78, 5) is 12.4. The normalized spacial score (nSPS) is 10.7. The maximum absolute atomic E-state index is 11.3. The molecule has 3 rings (SSSR count). The molecule has 1 N–H and O–H groups in total. The fourth-order valence-corrected chi connectivity index (χ4v) is 3.50. The van der Waals surface area contributed by atoms with E-state index in [0.29, 0.717) is 12.2 Å². The molecular weight excluding hydrogens is 354 g/mol. The molecule has 0 bridgehead atoms. The van der Waals surface area contributed by atoms with Gasteiger partial charge in [-0.3, -0.25) is 0 Å². The smallest absolute Gasteiger partial charge is 0.358 e. The Balaban J connectivity index is 2.07. The Bertz CT molecular complexity index is 783. The van der Waals surface area contributed by atoms with Gasteiger partial charge in [0.1, 0.15) is 5.69 Å². The van der Waals surface area contributed by atoms with Crippen molar-refractivity contribution >= 4 is 33.2 Å². The summed E-state index contributed by atoms with van der Waals surface area (Å²) >= 11 is 5.00. The number of aromatic carboxylic acids is 1. The monoisotopic (exact) mass is 363 g/mol. The summed E-state index contributed by atoms with van der Waals surface area (Å²) in [6.07, 6.45) is 0. The van der Waals surface area contributed by atoms with Gasteiger partial charge in [0.15, 0.2) is 5.69 Å². The Morgan fingerprint density at radius 2 is 2.00 bits per heavy atom. The van der Waals surface area contributed by atoms with Gasteiger partial charge in [-0.15, -0.1) is 16.4 Å². The van der Waals surface area contributed by atoms with Crippen molar-refractivity contribution < 1.29 is 9.90 Å². The number of rotatable bonds is 4. The minimum atomic E-state index is -1.08. The summed E-state index contributed by atoms with van der Waals surface area (Å²) in [5.41, 5.74) is 1.28. The fourth-order valence-electron chi connectivity index (χ4n) is 2.03. The molecule has 0 aliphatic carbocycles. The molecular formula is C14H10BrN3O2S. The zero-order chi connectivity index (χ0) is 14.8. The number of hydrogen-bond acceptors (Lipinski definition) is 4. The molecule has 3 aromatic rings. The van der Waals surface area contributed by atoms with Gasteiger partial charge >= 0.3 is 5.97 Å². The van der Waals surface area contributed by atoms with Gasteiger partial charge in [-0.05, 0) is 28.1 Å². The number of carboxylic acids is 1. The summed E-state index contributed by atoms with van der Waals surface area (Å²) in [7, 11) is 0. The number of hydrogen-bond donors (Lipinski definition) is 1. The van der Waals surface area contributed by atoms with Crippen molar-refractivity contribution in [2.75, 3.05) is 0 Å². The molecule has 2 aromatic heterocycles. The number of carboxylic acid groups (broad SMARTS) is 1. The van der Waals surface area contributed by atoms with E-state index in [2.05, 4.69) is 26.2 Å². The number of carbonyl (C=O) groups is 1. The van der Waals surface area contributed by atoms with E-state index in [1.807, 2.05) is 42.5 Å². The van der Waals surface area contributed by atoms with Gasteiger partial charge in [0.25, 0.3) is 0 Å². The molecule has 0 saturated heterocycles. The molecule has 0 atom stereocenters. The van der Waals surface area contributed by atoms with Crippen LogP contribution < -0.4 is 0 Å². The van der Waals surface area contributed by atoms with Crippen LogP contribution in [0, 0.1) is 0 Å². The molecule has 21 heavy (non-hydrogen) atoms. The molecule has 0 saturated carbocycles. The minimum Gasteiger partial charge on any atom is -0.476 e. The highest BCUT2D eigenvalue weighted by Crippen LogP contribution is 2.26. The number of nitrogens with zero attached hydrogens (tertiary/aromatic N) is 3. The molecule has 2 heterocycles. The average molecular weight is 364 g/mol. The van der Waals surface area contributed by atoms with E-state index in [9.17, 15) is 9.90 Å². The summed E-state index contributed by atoms with van der Waals surface area (Å²) in [5.74, 6) is -1.08. The van der Waals surface area contributed by atoms with Crippen LogP contribution in [0.25, 0.3) is 11.3 Å². The third kappa shape index (κ3) is 2.88. The first-order chi connectivity index (χ1) is 10.1. The zero-order valence-electron chi connectivity index (χ0n) is 10.7. The third-order valence-corrected chi connectivity index (χ3v) is 4.53. The Morgan fingerprint density at radius 1 is 1.24 bits per heavy atom. The zero-order valence-corrected chi connectivity index (χ0v) is 13.1. The topological polar surface area (TPSA) is 68.0 Å². The lowest BCUT2D eigenvalue weighted by atomic mass is 10.1. The van der Waals surface area contributed by atoms with Crippen LogP contribution in [0.2, 0.25) is 0 Å². The standard InChI is InChI=1S/C14H10BrN3O2S/c15-11-7-6-10(21-11)8-18-13(9-4-2-1-3-5-9)12(14(19)20)16-17-18/h1-7H,8H2,(H,19,20). The number of thiophene rings is 1. The molecule has 0 spiro atoms. The summed E-state index contributed by atoms with van der Waals surface area (Å²) < 4.78 is 2.65. The van der Waals surface area contributed by atoms with Gasteiger partial charge in [0.2, 0.25) is 0 Å². The Hall–Kier alpha value is -1.99. The second-order valence-electron chi connectivity index (χ2n) is 4.32. The van der Waals surface area contributed by atoms with Gasteiger partial charge in [0.05, 0.1) is 10.3 Å². The first-order valence-electron chi connectivity index (χ1n) is 6.11. The highest BCUT2D eigenvalue weighted by atomic mass is 79.9. The predicted molar refractivity (Wildman–Crippen MR) is 83.5 cm³/mol. The van der Waals surface area contributed by atoms with Crippen molar-refractivity contribution in [3.63, 3.8) is 0 Å². The Morgan fingerprint density at radius 3 is 2.62 bits per heavy atom. The number of aromatic nitrogens is 3. The summed E-state index contributed by atoms with van der Waals surface area (Å²) in [6.45, 7) is 0.487. The van der Waals surface area contributed by atoms with E-state index < -0.39 is 5.97 Å². The summed E-state index contributed by atoms with van der Waals surface area (Å²) in [6, 6.07) is 13.2. The van der Waals surface area contributed by atoms with E-state index in [-0.39, 0.29) is 5.69 Å². The van der Waals surface area contributed by atoms with Crippen LogP contribution in [0.4, 0.5) is 0 Å². The summed E-state index contributed by atoms with van der Waals surface area (Å²) in [5, 5.41) is 17.1. The second kappa shape index (κ2) is 5.79. The van der Waals surface area contributed by atoms with E-state index in [4.69, 9.17) is 0 Å². The minimum absolute atomic E-state index is 0.0307. The number of halogens is 1. The van der Waals surface area contributed by atoms with Crippen LogP contribution in [-0.4, -0.2) is 26.1 Å². The molecule has 5 nitrogen and oxygen atoms in total. The van der Waals surface area contributed by atoms with Crippen LogP contribution >= 0.6 is 27.3 Å². The first-order valence-corrected chi connectivity index (χ1v) is 7.72. The lowest BCUT2D eigenvalue weighted by molar-refractivity contribution is 0.0691. The van der Waals surface area contributed by atoms with Crippen molar-refractivity contribution in [3.8, 4) is 11.3 Å². The molecule has 0 fully saturated rings. The molecule has 0 aliphatic rings. The highest BCUT2D eigenvalue weighted by Gasteiger charge is 2.20. The van der Waals surface area contributed by atoms with Gasteiger partial charge in [-0.2, -0.15) is 0 Å². The molecule has 7 heteroatoms. The largest absolute Gasteiger partial charge is 0.476 e. The lowest BCUT2D eigenvalue weighted by Gasteiger charge is -2.06. The van der Waals surface area contributed by atoms with E-state index in [1.165, 1.54) is 0 Å². The predicted octanol–water partition coefficient (Wildman–Crippen LogP) is 3.52.